The summed E-state index contributed by atoms with van der Waals surface area (Å²) in [5, 5.41) is 7.51. The van der Waals surface area contributed by atoms with Crippen LogP contribution < -0.4 is 5.73 Å². The molecular weight excluding hydrogens is 432 g/mol. The van der Waals surface area contributed by atoms with E-state index in [2.05, 4.69) is 0 Å². The van der Waals surface area contributed by atoms with Crippen molar-refractivity contribution in [1.29, 1.82) is 5.41 Å². The largest absolute Gasteiger partial charge is 0.428 e. The fraction of sp³-hybridized carbons (Fsp3) is 0.308. The van der Waals surface area contributed by atoms with E-state index in [9.17, 15) is 9.59 Å². The number of nitrogens with zero attached hydrogens (tertiary/aromatic N) is 2. The fourth-order valence-electron chi connectivity index (χ4n) is 3.20. The number of rotatable bonds is 8. The molecule has 0 saturated heterocycles. The first kappa shape index (κ1) is 24.7. The zero-order valence-corrected chi connectivity index (χ0v) is 19.9. The molecule has 3 N–H and O–H groups in total. The highest BCUT2D eigenvalue weighted by Gasteiger charge is 2.23. The minimum absolute atomic E-state index is 0.0329. The van der Waals surface area contributed by atoms with Crippen LogP contribution in [0.15, 0.2) is 54.7 Å². The number of amidine groups is 1. The van der Waals surface area contributed by atoms with Gasteiger partial charge in [0.15, 0.2) is 0 Å². The number of nitrogens with one attached hydrogen (secondary N) is 1. The second kappa shape index (κ2) is 10.3. The monoisotopic (exact) mass is 462 g/mol. The molecule has 8 heteroatoms. The fourth-order valence-corrected chi connectivity index (χ4v) is 3.20. The van der Waals surface area contributed by atoms with Gasteiger partial charge in [-0.3, -0.25) is 15.0 Å². The number of nitrogens with two attached hydrogens (primary N) is 1. The van der Waals surface area contributed by atoms with Gasteiger partial charge in [-0.1, -0.05) is 48.5 Å². The Morgan fingerprint density at radius 1 is 1.00 bits per heavy atom. The summed E-state index contributed by atoms with van der Waals surface area (Å²) in [4.78, 5) is 28.4. The second-order valence-electron chi connectivity index (χ2n) is 9.06. The standard InChI is InChI=1S/C26H30N4O4/c1-26(2,3)25(32)34-16-33-22(31)14-7-17-5-8-20(9-6-17)24-29-21(15-30(24)4)18-10-12-19(13-11-18)23(27)28/h5-6,8-13,15H,7,14,16H2,1-4H3,(H3,27,28). The Morgan fingerprint density at radius 3 is 2.21 bits per heavy atom. The molecule has 0 radical (unpaired) electrons. The predicted molar refractivity (Wildman–Crippen MR) is 130 cm³/mol. The normalized spacial score (nSPS) is 11.2. The maximum Gasteiger partial charge on any atom is 0.314 e. The summed E-state index contributed by atoms with van der Waals surface area (Å²) in [6, 6.07) is 15.3. The molecule has 1 heterocycles. The average molecular weight is 463 g/mol. The first-order valence-corrected chi connectivity index (χ1v) is 10.9. The topological polar surface area (TPSA) is 120 Å². The minimum atomic E-state index is -0.637. The van der Waals surface area contributed by atoms with Gasteiger partial charge in [-0.15, -0.1) is 0 Å². The predicted octanol–water partition coefficient (Wildman–Crippen LogP) is 4.06. The Bertz CT molecular complexity index is 1170. The van der Waals surface area contributed by atoms with Crippen LogP contribution in [0.2, 0.25) is 0 Å². The van der Waals surface area contributed by atoms with Crippen molar-refractivity contribution >= 4 is 17.8 Å². The molecule has 0 spiro atoms. The molecule has 2 aromatic carbocycles. The summed E-state index contributed by atoms with van der Waals surface area (Å²) in [6.45, 7) is 4.84. The molecule has 0 aliphatic heterocycles. The number of ether oxygens (including phenoxy) is 2. The zero-order chi connectivity index (χ0) is 24.9. The van der Waals surface area contributed by atoms with Gasteiger partial charge in [-0.25, -0.2) is 4.98 Å². The van der Waals surface area contributed by atoms with Crippen molar-refractivity contribution in [2.24, 2.45) is 18.2 Å². The van der Waals surface area contributed by atoms with Crippen molar-refractivity contribution in [3.8, 4) is 22.6 Å². The lowest BCUT2D eigenvalue weighted by molar-refractivity contribution is -0.173. The number of carbonyl (C=O) groups excluding carboxylic acids is 2. The minimum Gasteiger partial charge on any atom is -0.428 e. The average Bonchev–Trinajstić information content (AvgIpc) is 3.19. The SMILES string of the molecule is Cn1cc(-c2ccc(C(=N)N)cc2)nc1-c1ccc(CCC(=O)OCOC(=O)C(C)(C)C)cc1. The number of hydrogen-bond acceptors (Lipinski definition) is 6. The Hall–Kier alpha value is -3.94. The molecule has 0 aliphatic rings. The summed E-state index contributed by atoms with van der Waals surface area (Å²) in [5.74, 6) is 0.0135. The van der Waals surface area contributed by atoms with Crippen LogP contribution in [0.4, 0.5) is 0 Å². The molecule has 3 rings (SSSR count). The molecule has 0 fully saturated rings. The van der Waals surface area contributed by atoms with Gasteiger partial charge in [-0.2, -0.15) is 0 Å². The molecule has 0 bridgehead atoms. The molecule has 3 aromatic rings. The number of esters is 2. The Morgan fingerprint density at radius 2 is 1.62 bits per heavy atom. The van der Waals surface area contributed by atoms with Crippen molar-refractivity contribution in [2.75, 3.05) is 6.79 Å². The third-order valence-corrected chi connectivity index (χ3v) is 5.22. The first-order chi connectivity index (χ1) is 16.0. The first-order valence-electron chi connectivity index (χ1n) is 10.9. The Labute approximate surface area is 199 Å². The molecule has 0 amide bonds. The van der Waals surface area contributed by atoms with E-state index in [0.29, 0.717) is 12.0 Å². The van der Waals surface area contributed by atoms with Crippen LogP contribution in [-0.4, -0.2) is 34.1 Å². The van der Waals surface area contributed by atoms with Crippen LogP contribution in [0.3, 0.4) is 0 Å². The third-order valence-electron chi connectivity index (χ3n) is 5.22. The highest BCUT2D eigenvalue weighted by atomic mass is 16.7. The van der Waals surface area contributed by atoms with Crippen molar-refractivity contribution in [3.05, 3.63) is 65.9 Å². The number of benzene rings is 2. The second-order valence-corrected chi connectivity index (χ2v) is 9.06. The van der Waals surface area contributed by atoms with E-state index >= 15 is 0 Å². The van der Waals surface area contributed by atoms with Crippen LogP contribution in [0.25, 0.3) is 22.6 Å². The van der Waals surface area contributed by atoms with Crippen LogP contribution in [0.5, 0.6) is 0 Å². The van der Waals surface area contributed by atoms with E-state index in [1.165, 1.54) is 0 Å². The van der Waals surface area contributed by atoms with Gasteiger partial charge >= 0.3 is 11.9 Å². The van der Waals surface area contributed by atoms with Gasteiger partial charge in [0.25, 0.3) is 0 Å². The number of hydrogen-bond donors (Lipinski definition) is 2. The molecule has 1 aromatic heterocycles. The van der Waals surface area contributed by atoms with Gasteiger partial charge in [0, 0.05) is 36.4 Å². The van der Waals surface area contributed by atoms with Crippen molar-refractivity contribution < 1.29 is 19.1 Å². The van der Waals surface area contributed by atoms with Crippen LogP contribution in [0.1, 0.15) is 38.3 Å². The van der Waals surface area contributed by atoms with Crippen LogP contribution in [0, 0.1) is 10.8 Å². The quantitative estimate of drug-likeness (QED) is 0.225. The zero-order valence-electron chi connectivity index (χ0n) is 19.9. The van der Waals surface area contributed by atoms with Crippen LogP contribution >= 0.6 is 0 Å². The van der Waals surface area contributed by atoms with E-state index in [4.69, 9.17) is 25.6 Å². The van der Waals surface area contributed by atoms with E-state index in [1.807, 2.05) is 54.2 Å². The lowest BCUT2D eigenvalue weighted by Crippen LogP contribution is -2.24. The van der Waals surface area contributed by atoms with Gasteiger partial charge in [0.1, 0.15) is 11.7 Å². The molecule has 0 unspecified atom stereocenters. The lowest BCUT2D eigenvalue weighted by atomic mass is 9.98. The maximum atomic E-state index is 11.9. The van der Waals surface area contributed by atoms with E-state index < -0.39 is 17.4 Å². The van der Waals surface area contributed by atoms with E-state index in [-0.39, 0.29) is 19.0 Å². The van der Waals surface area contributed by atoms with Crippen LogP contribution in [-0.2, 0) is 32.5 Å². The van der Waals surface area contributed by atoms with Gasteiger partial charge in [0.2, 0.25) is 6.79 Å². The summed E-state index contributed by atoms with van der Waals surface area (Å²) in [6.07, 6.45) is 2.66. The lowest BCUT2D eigenvalue weighted by Gasteiger charge is -2.16. The van der Waals surface area contributed by atoms with Crippen molar-refractivity contribution in [2.45, 2.75) is 33.6 Å². The number of nitrogen functional groups attached to an aromatic ring is 1. The number of carbonyl (C=O) groups is 2. The molecule has 8 nitrogen and oxygen atoms in total. The summed E-state index contributed by atoms with van der Waals surface area (Å²) in [5.41, 5.74) is 9.26. The van der Waals surface area contributed by atoms with Crippen molar-refractivity contribution in [3.63, 3.8) is 0 Å². The molecule has 0 atom stereocenters. The third kappa shape index (κ3) is 6.31. The van der Waals surface area contributed by atoms with E-state index in [0.717, 1.165) is 28.2 Å². The molecule has 34 heavy (non-hydrogen) atoms. The summed E-state index contributed by atoms with van der Waals surface area (Å²) >= 11 is 0. The highest BCUT2D eigenvalue weighted by Crippen LogP contribution is 2.25. The Balaban J connectivity index is 1.57. The highest BCUT2D eigenvalue weighted by molar-refractivity contribution is 5.95. The molecule has 0 aliphatic carbocycles. The smallest absolute Gasteiger partial charge is 0.314 e. The number of imidazole rings is 1. The van der Waals surface area contributed by atoms with Crippen molar-refractivity contribution in [1.82, 2.24) is 9.55 Å². The Kier molecular flexibility index (Phi) is 7.50. The summed E-state index contributed by atoms with van der Waals surface area (Å²) in [7, 11) is 1.94. The molecular formula is C26H30N4O4. The number of aromatic nitrogens is 2. The van der Waals surface area contributed by atoms with E-state index in [1.54, 1.807) is 32.9 Å². The van der Waals surface area contributed by atoms with Gasteiger partial charge in [0.05, 0.1) is 11.1 Å². The number of aryl methyl sites for hydroxylation is 2. The summed E-state index contributed by atoms with van der Waals surface area (Å²) < 4.78 is 11.9. The molecule has 178 valence electrons. The maximum absolute atomic E-state index is 11.9. The van der Waals surface area contributed by atoms with Gasteiger partial charge < -0.3 is 19.8 Å². The van der Waals surface area contributed by atoms with Gasteiger partial charge in [-0.05, 0) is 32.8 Å². The molecule has 0 saturated carbocycles.